The van der Waals surface area contributed by atoms with Crippen molar-refractivity contribution >= 4 is 6.09 Å². The second kappa shape index (κ2) is 4.53. The molecule has 1 saturated heterocycles. The molecule has 16 heavy (non-hydrogen) atoms. The standard InChI is InChI=1S/C10H17F2NO3/c1-9(2,3)16-8(14)13-7-4-10(11,12)6-15-5-7/h7H,4-6H2,1-3H3,(H,13,14). The summed E-state index contributed by atoms with van der Waals surface area (Å²) in [5, 5.41) is 2.36. The van der Waals surface area contributed by atoms with E-state index in [2.05, 4.69) is 5.32 Å². The molecule has 1 fully saturated rings. The molecule has 0 aromatic carbocycles. The van der Waals surface area contributed by atoms with Crippen LogP contribution < -0.4 is 5.32 Å². The average Bonchev–Trinajstić information content (AvgIpc) is 1.96. The van der Waals surface area contributed by atoms with Crippen LogP contribution >= 0.6 is 0 Å². The number of alkyl halides is 2. The Balaban J connectivity index is 2.40. The molecule has 1 aliphatic rings. The molecule has 0 aliphatic carbocycles. The highest BCUT2D eigenvalue weighted by Gasteiger charge is 2.38. The van der Waals surface area contributed by atoms with Gasteiger partial charge in [-0.3, -0.25) is 0 Å². The Morgan fingerprint density at radius 2 is 2.12 bits per heavy atom. The number of halogens is 2. The molecule has 6 heteroatoms. The Labute approximate surface area is 93.3 Å². The van der Waals surface area contributed by atoms with Crippen molar-refractivity contribution in [3.8, 4) is 0 Å². The number of carbonyl (C=O) groups excluding carboxylic acids is 1. The van der Waals surface area contributed by atoms with Crippen LogP contribution in [-0.4, -0.2) is 36.9 Å². The molecular formula is C10H17F2NO3. The summed E-state index contributed by atoms with van der Waals surface area (Å²) in [5.74, 6) is -2.88. The predicted octanol–water partition coefficient (Wildman–Crippen LogP) is 1.94. The third-order valence-corrected chi connectivity index (χ3v) is 1.90. The largest absolute Gasteiger partial charge is 0.444 e. The van der Waals surface area contributed by atoms with Gasteiger partial charge in [0.2, 0.25) is 0 Å². The van der Waals surface area contributed by atoms with E-state index in [0.717, 1.165) is 0 Å². The fourth-order valence-electron chi connectivity index (χ4n) is 1.40. The van der Waals surface area contributed by atoms with Gasteiger partial charge in [0, 0.05) is 6.42 Å². The van der Waals surface area contributed by atoms with E-state index >= 15 is 0 Å². The van der Waals surface area contributed by atoms with E-state index in [1.807, 2.05) is 0 Å². The molecule has 0 bridgehead atoms. The first-order valence-corrected chi connectivity index (χ1v) is 5.13. The Kier molecular flexibility index (Phi) is 3.72. The van der Waals surface area contributed by atoms with Gasteiger partial charge in [0.05, 0.1) is 12.6 Å². The van der Waals surface area contributed by atoms with Crippen molar-refractivity contribution in [2.75, 3.05) is 13.2 Å². The molecule has 4 nitrogen and oxygen atoms in total. The first kappa shape index (κ1) is 13.2. The Hall–Kier alpha value is -0.910. The summed E-state index contributed by atoms with van der Waals surface area (Å²) in [7, 11) is 0. The molecule has 1 amide bonds. The summed E-state index contributed by atoms with van der Waals surface area (Å²) in [4.78, 5) is 11.3. The third-order valence-electron chi connectivity index (χ3n) is 1.90. The van der Waals surface area contributed by atoms with Crippen molar-refractivity contribution in [2.24, 2.45) is 0 Å². The van der Waals surface area contributed by atoms with Crippen molar-refractivity contribution in [3.63, 3.8) is 0 Å². The SMILES string of the molecule is CC(C)(C)OC(=O)NC1COCC(F)(F)C1. The first-order valence-electron chi connectivity index (χ1n) is 5.13. The van der Waals surface area contributed by atoms with Crippen LogP contribution in [0.5, 0.6) is 0 Å². The topological polar surface area (TPSA) is 47.6 Å². The van der Waals surface area contributed by atoms with Crippen LogP contribution in [0.2, 0.25) is 0 Å². The van der Waals surface area contributed by atoms with Crippen molar-refractivity contribution < 1.29 is 23.0 Å². The summed E-state index contributed by atoms with van der Waals surface area (Å²) in [6.07, 6.45) is -1.11. The molecule has 0 aromatic rings. The minimum Gasteiger partial charge on any atom is -0.444 e. The van der Waals surface area contributed by atoms with Crippen LogP contribution in [0.1, 0.15) is 27.2 Å². The molecule has 1 heterocycles. The lowest BCUT2D eigenvalue weighted by molar-refractivity contribution is -0.125. The fourth-order valence-corrected chi connectivity index (χ4v) is 1.40. The average molecular weight is 237 g/mol. The van der Waals surface area contributed by atoms with Gasteiger partial charge in [0.25, 0.3) is 5.92 Å². The predicted molar refractivity (Wildman–Crippen MR) is 53.5 cm³/mol. The van der Waals surface area contributed by atoms with Crippen molar-refractivity contribution in [1.29, 1.82) is 0 Å². The highest BCUT2D eigenvalue weighted by Crippen LogP contribution is 2.25. The molecule has 0 spiro atoms. The minimum atomic E-state index is -2.88. The fraction of sp³-hybridized carbons (Fsp3) is 0.900. The molecule has 0 radical (unpaired) electrons. The number of alkyl carbamates (subject to hydrolysis) is 1. The zero-order chi connectivity index (χ0) is 12.4. The summed E-state index contributed by atoms with van der Waals surface area (Å²) in [5.41, 5.74) is -0.637. The zero-order valence-corrected chi connectivity index (χ0v) is 9.68. The van der Waals surface area contributed by atoms with Gasteiger partial charge in [-0.2, -0.15) is 0 Å². The molecule has 1 atom stereocenters. The second-order valence-electron chi connectivity index (χ2n) is 4.92. The number of ether oxygens (including phenoxy) is 2. The van der Waals surface area contributed by atoms with Gasteiger partial charge < -0.3 is 14.8 Å². The van der Waals surface area contributed by atoms with Gasteiger partial charge in [-0.15, -0.1) is 0 Å². The number of hydrogen-bond acceptors (Lipinski definition) is 3. The van der Waals surface area contributed by atoms with E-state index < -0.39 is 36.7 Å². The van der Waals surface area contributed by atoms with E-state index in [1.54, 1.807) is 20.8 Å². The van der Waals surface area contributed by atoms with Gasteiger partial charge in [-0.05, 0) is 20.8 Å². The molecule has 0 aromatic heterocycles. The normalized spacial score (nSPS) is 24.9. The van der Waals surface area contributed by atoms with Crippen LogP contribution in [-0.2, 0) is 9.47 Å². The number of hydrogen-bond donors (Lipinski definition) is 1. The van der Waals surface area contributed by atoms with E-state index in [-0.39, 0.29) is 6.61 Å². The van der Waals surface area contributed by atoms with Gasteiger partial charge in [-0.25, -0.2) is 13.6 Å². The highest BCUT2D eigenvalue weighted by atomic mass is 19.3. The highest BCUT2D eigenvalue weighted by molar-refractivity contribution is 5.68. The number of amides is 1. The Morgan fingerprint density at radius 1 is 1.50 bits per heavy atom. The summed E-state index contributed by atoms with van der Waals surface area (Å²) in [6.45, 7) is 4.63. The number of nitrogens with one attached hydrogen (secondary N) is 1. The van der Waals surface area contributed by atoms with Crippen LogP contribution in [0.15, 0.2) is 0 Å². The van der Waals surface area contributed by atoms with Gasteiger partial charge in [0.15, 0.2) is 0 Å². The Bertz CT molecular complexity index is 263. The maximum absolute atomic E-state index is 12.9. The molecule has 94 valence electrons. The minimum absolute atomic E-state index is 0.0921. The summed E-state index contributed by atoms with van der Waals surface area (Å²) in [6, 6.07) is -0.696. The number of rotatable bonds is 1. The van der Waals surface area contributed by atoms with E-state index in [9.17, 15) is 13.6 Å². The molecule has 1 N–H and O–H groups in total. The third kappa shape index (κ3) is 4.74. The number of carbonyl (C=O) groups is 1. The summed E-state index contributed by atoms with van der Waals surface area (Å²) < 4.78 is 35.5. The van der Waals surface area contributed by atoms with E-state index in [4.69, 9.17) is 9.47 Å². The lowest BCUT2D eigenvalue weighted by atomic mass is 10.1. The molecule has 0 saturated carbocycles. The van der Waals surface area contributed by atoms with Crippen molar-refractivity contribution in [3.05, 3.63) is 0 Å². The molecule has 1 unspecified atom stereocenters. The van der Waals surface area contributed by atoms with Crippen LogP contribution in [0, 0.1) is 0 Å². The second-order valence-corrected chi connectivity index (χ2v) is 4.92. The maximum atomic E-state index is 12.9. The lowest BCUT2D eigenvalue weighted by Crippen LogP contribution is -2.48. The van der Waals surface area contributed by atoms with Crippen LogP contribution in [0.4, 0.5) is 13.6 Å². The molecular weight excluding hydrogens is 220 g/mol. The van der Waals surface area contributed by atoms with E-state index in [1.165, 1.54) is 0 Å². The van der Waals surface area contributed by atoms with Gasteiger partial charge in [-0.1, -0.05) is 0 Å². The van der Waals surface area contributed by atoms with Crippen molar-refractivity contribution in [2.45, 2.75) is 44.8 Å². The quantitative estimate of drug-likeness (QED) is 0.758. The van der Waals surface area contributed by atoms with Gasteiger partial charge in [0.1, 0.15) is 12.2 Å². The Morgan fingerprint density at radius 3 is 2.62 bits per heavy atom. The monoisotopic (exact) mass is 237 g/mol. The van der Waals surface area contributed by atoms with Crippen LogP contribution in [0.25, 0.3) is 0 Å². The van der Waals surface area contributed by atoms with Crippen LogP contribution in [0.3, 0.4) is 0 Å². The summed E-state index contributed by atoms with van der Waals surface area (Å²) >= 11 is 0. The first-order chi connectivity index (χ1) is 7.18. The van der Waals surface area contributed by atoms with Crippen molar-refractivity contribution in [1.82, 2.24) is 5.32 Å². The van der Waals surface area contributed by atoms with E-state index in [0.29, 0.717) is 0 Å². The lowest BCUT2D eigenvalue weighted by Gasteiger charge is -2.30. The molecule has 1 rings (SSSR count). The smallest absolute Gasteiger partial charge is 0.407 e. The maximum Gasteiger partial charge on any atom is 0.407 e. The zero-order valence-electron chi connectivity index (χ0n) is 9.68. The molecule has 1 aliphatic heterocycles. The van der Waals surface area contributed by atoms with Gasteiger partial charge >= 0.3 is 6.09 Å².